The molecule has 0 fully saturated rings. The predicted octanol–water partition coefficient (Wildman–Crippen LogP) is 2.98. The van der Waals surface area contributed by atoms with Gasteiger partial charge >= 0.3 is 0 Å². The van der Waals surface area contributed by atoms with Crippen LogP contribution in [0.5, 0.6) is 5.75 Å². The van der Waals surface area contributed by atoms with Gasteiger partial charge in [-0.25, -0.2) is 13.8 Å². The lowest BCUT2D eigenvalue weighted by molar-refractivity contribution is -0.503. The first-order chi connectivity index (χ1) is 11.3. The van der Waals surface area contributed by atoms with Crippen LogP contribution >= 0.6 is 11.6 Å². The van der Waals surface area contributed by atoms with Crippen LogP contribution in [0.25, 0.3) is 11.3 Å². The molecule has 2 aromatic rings. The van der Waals surface area contributed by atoms with E-state index in [1.165, 1.54) is 31.4 Å². The van der Waals surface area contributed by atoms with Crippen LogP contribution in [0.1, 0.15) is 5.69 Å². The van der Waals surface area contributed by atoms with E-state index in [0.29, 0.717) is 5.56 Å². The van der Waals surface area contributed by atoms with Gasteiger partial charge in [0.2, 0.25) is 6.54 Å². The molecule has 0 aliphatic heterocycles. The van der Waals surface area contributed by atoms with Gasteiger partial charge in [-0.15, -0.1) is 0 Å². The van der Waals surface area contributed by atoms with Crippen molar-refractivity contribution in [1.29, 1.82) is 0 Å². The van der Waals surface area contributed by atoms with Gasteiger partial charge in [0.15, 0.2) is 5.60 Å². The fourth-order valence-electron chi connectivity index (χ4n) is 2.13. The lowest BCUT2D eigenvalue weighted by Crippen LogP contribution is -2.37. The van der Waals surface area contributed by atoms with Crippen molar-refractivity contribution >= 4 is 11.6 Å². The zero-order chi connectivity index (χ0) is 17.9. The number of nitro groups is 1. The maximum absolute atomic E-state index is 13.3. The summed E-state index contributed by atoms with van der Waals surface area (Å²) in [5.41, 5.74) is -2.12. The molecule has 0 aliphatic rings. The van der Waals surface area contributed by atoms with Gasteiger partial charge in [0, 0.05) is 10.5 Å². The number of rotatable bonds is 6. The Labute approximate surface area is 140 Å². The summed E-state index contributed by atoms with van der Waals surface area (Å²) in [6.45, 7) is -2.44. The summed E-state index contributed by atoms with van der Waals surface area (Å²) in [4.78, 5) is 13.9. The van der Waals surface area contributed by atoms with Crippen LogP contribution in [0.2, 0.25) is 5.02 Å². The lowest BCUT2D eigenvalue weighted by Gasteiger charge is -2.21. The van der Waals surface area contributed by atoms with Crippen LogP contribution in [0.15, 0.2) is 30.3 Å². The SMILES string of the molecule is COc1ccc(C(O)(CF)C[N+](=O)[O-])nc1-c1ccc(F)c(Cl)c1. The number of halogens is 3. The summed E-state index contributed by atoms with van der Waals surface area (Å²) in [5, 5.41) is 20.7. The Bertz CT molecular complexity index is 775. The Hall–Kier alpha value is -2.32. The molecule has 0 saturated carbocycles. The molecule has 24 heavy (non-hydrogen) atoms. The summed E-state index contributed by atoms with van der Waals surface area (Å²) >= 11 is 5.74. The van der Waals surface area contributed by atoms with Crippen LogP contribution in [0, 0.1) is 15.9 Å². The fourth-order valence-corrected chi connectivity index (χ4v) is 2.31. The van der Waals surface area contributed by atoms with E-state index in [1.807, 2.05) is 0 Å². The molecule has 0 radical (unpaired) electrons. The molecule has 1 aromatic heterocycles. The second-order valence-electron chi connectivity index (χ2n) is 5.03. The first-order valence-electron chi connectivity index (χ1n) is 6.72. The summed E-state index contributed by atoms with van der Waals surface area (Å²) in [6, 6.07) is 6.39. The number of hydrogen-bond donors (Lipinski definition) is 1. The molecule has 0 bridgehead atoms. The van der Waals surface area contributed by atoms with Gasteiger partial charge in [-0.2, -0.15) is 0 Å². The Morgan fingerprint density at radius 1 is 1.42 bits per heavy atom. The lowest BCUT2D eigenvalue weighted by atomic mass is 9.99. The molecule has 1 N–H and O–H groups in total. The van der Waals surface area contributed by atoms with Crippen LogP contribution in [0.3, 0.4) is 0 Å². The molecular formula is C15H13ClF2N2O4. The number of aromatic nitrogens is 1. The van der Waals surface area contributed by atoms with Crippen molar-refractivity contribution in [3.8, 4) is 17.0 Å². The number of benzene rings is 1. The van der Waals surface area contributed by atoms with E-state index in [4.69, 9.17) is 16.3 Å². The van der Waals surface area contributed by atoms with E-state index in [9.17, 15) is 24.0 Å². The van der Waals surface area contributed by atoms with Crippen molar-refractivity contribution in [3.05, 3.63) is 57.0 Å². The monoisotopic (exact) mass is 358 g/mol. The first kappa shape index (κ1) is 18.0. The van der Waals surface area contributed by atoms with E-state index in [0.717, 1.165) is 6.07 Å². The largest absolute Gasteiger partial charge is 0.494 e. The van der Waals surface area contributed by atoms with Crippen molar-refractivity contribution in [1.82, 2.24) is 4.98 Å². The highest BCUT2D eigenvalue weighted by atomic mass is 35.5. The average Bonchev–Trinajstić information content (AvgIpc) is 2.56. The zero-order valence-corrected chi connectivity index (χ0v) is 13.3. The van der Waals surface area contributed by atoms with E-state index in [-0.39, 0.29) is 22.2 Å². The third-order valence-corrected chi connectivity index (χ3v) is 3.65. The molecule has 0 saturated heterocycles. The van der Waals surface area contributed by atoms with Gasteiger partial charge in [-0.05, 0) is 30.3 Å². The van der Waals surface area contributed by atoms with Crippen molar-refractivity contribution in [2.75, 3.05) is 20.3 Å². The summed E-state index contributed by atoms with van der Waals surface area (Å²) < 4.78 is 31.7. The molecule has 2 rings (SSSR count). The zero-order valence-electron chi connectivity index (χ0n) is 12.5. The quantitative estimate of drug-likeness (QED) is 0.633. The normalized spacial score (nSPS) is 13.4. The number of hydrogen-bond acceptors (Lipinski definition) is 5. The minimum Gasteiger partial charge on any atom is -0.494 e. The van der Waals surface area contributed by atoms with Gasteiger partial charge in [-0.1, -0.05) is 11.6 Å². The van der Waals surface area contributed by atoms with Crippen molar-refractivity contribution in [3.63, 3.8) is 0 Å². The molecule has 128 valence electrons. The van der Waals surface area contributed by atoms with E-state index in [2.05, 4.69) is 4.98 Å². The molecule has 0 spiro atoms. The highest BCUT2D eigenvalue weighted by Gasteiger charge is 2.37. The fraction of sp³-hybridized carbons (Fsp3) is 0.267. The number of methoxy groups -OCH3 is 1. The van der Waals surface area contributed by atoms with Crippen molar-refractivity contribution in [2.45, 2.75) is 5.60 Å². The van der Waals surface area contributed by atoms with Crippen LogP contribution in [0.4, 0.5) is 8.78 Å². The third kappa shape index (κ3) is 3.60. The summed E-state index contributed by atoms with van der Waals surface area (Å²) in [6.07, 6.45) is 0. The Morgan fingerprint density at radius 2 is 2.12 bits per heavy atom. The summed E-state index contributed by atoms with van der Waals surface area (Å²) in [7, 11) is 1.36. The predicted molar refractivity (Wildman–Crippen MR) is 82.9 cm³/mol. The highest BCUT2D eigenvalue weighted by Crippen LogP contribution is 2.33. The van der Waals surface area contributed by atoms with Crippen molar-refractivity contribution in [2.24, 2.45) is 0 Å². The third-order valence-electron chi connectivity index (χ3n) is 3.36. The average molecular weight is 359 g/mol. The Balaban J connectivity index is 2.58. The maximum atomic E-state index is 13.3. The van der Waals surface area contributed by atoms with Crippen LogP contribution in [-0.2, 0) is 5.60 Å². The molecule has 6 nitrogen and oxygen atoms in total. The molecule has 0 aliphatic carbocycles. The van der Waals surface area contributed by atoms with Crippen LogP contribution in [-0.4, -0.2) is 35.3 Å². The molecule has 1 unspecified atom stereocenters. The Morgan fingerprint density at radius 3 is 2.67 bits per heavy atom. The minimum absolute atomic E-state index is 0.145. The number of alkyl halides is 1. The van der Waals surface area contributed by atoms with Gasteiger partial charge in [-0.3, -0.25) is 10.1 Å². The van der Waals surface area contributed by atoms with Gasteiger partial charge in [0.1, 0.15) is 23.9 Å². The second-order valence-corrected chi connectivity index (χ2v) is 5.44. The topological polar surface area (TPSA) is 85.5 Å². The molecule has 9 heteroatoms. The molecule has 1 heterocycles. The van der Waals surface area contributed by atoms with Crippen LogP contribution < -0.4 is 4.74 Å². The van der Waals surface area contributed by atoms with Gasteiger partial charge < -0.3 is 9.84 Å². The standard InChI is InChI=1S/C15H13ClF2N2O4/c1-24-12-4-5-13(15(21,7-17)8-20(22)23)19-14(12)9-2-3-11(18)10(16)6-9/h2-6,21H,7-8H2,1H3. The number of pyridine rings is 1. The van der Waals surface area contributed by atoms with E-state index < -0.39 is 29.6 Å². The number of ether oxygens (including phenoxy) is 1. The summed E-state index contributed by atoms with van der Waals surface area (Å²) in [5.74, 6) is -0.382. The number of nitrogens with zero attached hydrogens (tertiary/aromatic N) is 2. The number of aliphatic hydroxyl groups is 1. The highest BCUT2D eigenvalue weighted by molar-refractivity contribution is 6.31. The second kappa shape index (κ2) is 7.06. The molecular weight excluding hydrogens is 346 g/mol. The van der Waals surface area contributed by atoms with Gasteiger partial charge in [0.25, 0.3) is 0 Å². The maximum Gasteiger partial charge on any atom is 0.240 e. The Kier molecular flexibility index (Phi) is 5.30. The minimum atomic E-state index is -2.38. The smallest absolute Gasteiger partial charge is 0.240 e. The van der Waals surface area contributed by atoms with Gasteiger partial charge in [0.05, 0.1) is 17.8 Å². The van der Waals surface area contributed by atoms with E-state index in [1.54, 1.807) is 0 Å². The van der Waals surface area contributed by atoms with E-state index >= 15 is 0 Å². The molecule has 1 aromatic carbocycles. The first-order valence-corrected chi connectivity index (χ1v) is 7.09. The molecule has 1 atom stereocenters. The van der Waals surface area contributed by atoms with Crippen molar-refractivity contribution < 1.29 is 23.5 Å². The molecule has 0 amide bonds.